The number of aryl methyl sites for hydroxylation is 1. The van der Waals surface area contributed by atoms with Gasteiger partial charge in [-0.15, -0.1) is 10.2 Å². The molecule has 4 rings (SSSR count). The molecule has 1 aliphatic rings. The van der Waals surface area contributed by atoms with Crippen LogP contribution in [0.5, 0.6) is 0 Å². The Morgan fingerprint density at radius 2 is 2.04 bits per heavy atom. The van der Waals surface area contributed by atoms with Crippen LogP contribution in [0.25, 0.3) is 0 Å². The van der Waals surface area contributed by atoms with Gasteiger partial charge in [0.05, 0.1) is 12.2 Å². The molecule has 0 N–H and O–H groups in total. The topological polar surface area (TPSA) is 77.8 Å². The van der Waals surface area contributed by atoms with Crippen LogP contribution >= 0.6 is 0 Å². The van der Waals surface area contributed by atoms with Crippen molar-refractivity contribution in [1.29, 1.82) is 0 Å². The first kappa shape index (κ1) is 17.0. The third-order valence-corrected chi connectivity index (χ3v) is 5.04. The number of piperidine rings is 1. The normalized spacial score (nSPS) is 16.4. The van der Waals surface area contributed by atoms with E-state index in [0.29, 0.717) is 12.5 Å². The van der Waals surface area contributed by atoms with E-state index in [1.165, 1.54) is 0 Å². The number of rotatable bonds is 6. The summed E-state index contributed by atoms with van der Waals surface area (Å²) in [6.45, 7) is 8.57. The van der Waals surface area contributed by atoms with Crippen molar-refractivity contribution in [2.45, 2.75) is 52.2 Å². The minimum Gasteiger partial charge on any atom is -0.360 e. The third-order valence-electron chi connectivity index (χ3n) is 5.04. The molecule has 0 spiro atoms. The zero-order valence-corrected chi connectivity index (χ0v) is 15.4. The Bertz CT molecular complexity index is 828. The molecule has 3 aromatic rings. The van der Waals surface area contributed by atoms with Crippen LogP contribution in [-0.2, 0) is 19.6 Å². The van der Waals surface area contributed by atoms with Gasteiger partial charge in [-0.05, 0) is 45.8 Å². The Morgan fingerprint density at radius 3 is 2.69 bits per heavy atom. The van der Waals surface area contributed by atoms with E-state index in [1.54, 1.807) is 6.20 Å². The van der Waals surface area contributed by atoms with E-state index in [0.717, 1.165) is 62.1 Å². The highest BCUT2D eigenvalue weighted by Crippen LogP contribution is 2.28. The van der Waals surface area contributed by atoms with E-state index in [9.17, 15) is 0 Å². The summed E-state index contributed by atoms with van der Waals surface area (Å²) in [5, 5.41) is 17.2. The SMILES string of the molecule is CCn1c(Cn2cccn2)nnc1C1CCN(Cc2cc(C)no2)CC1. The fourth-order valence-corrected chi connectivity index (χ4v) is 3.71. The van der Waals surface area contributed by atoms with Gasteiger partial charge in [-0.25, -0.2) is 0 Å². The molecule has 0 atom stereocenters. The highest BCUT2D eigenvalue weighted by molar-refractivity contribution is 5.06. The lowest BCUT2D eigenvalue weighted by Crippen LogP contribution is -2.33. The highest BCUT2D eigenvalue weighted by atomic mass is 16.5. The highest BCUT2D eigenvalue weighted by Gasteiger charge is 2.26. The van der Waals surface area contributed by atoms with Crippen molar-refractivity contribution in [3.8, 4) is 0 Å². The second-order valence-corrected chi connectivity index (χ2v) is 6.91. The first-order valence-corrected chi connectivity index (χ1v) is 9.27. The van der Waals surface area contributed by atoms with Crippen LogP contribution in [0.1, 0.15) is 48.8 Å². The van der Waals surface area contributed by atoms with Gasteiger partial charge < -0.3 is 9.09 Å². The quantitative estimate of drug-likeness (QED) is 0.675. The van der Waals surface area contributed by atoms with Gasteiger partial charge in [-0.2, -0.15) is 5.10 Å². The van der Waals surface area contributed by atoms with Gasteiger partial charge >= 0.3 is 0 Å². The predicted octanol–water partition coefficient (Wildman–Crippen LogP) is 2.22. The van der Waals surface area contributed by atoms with E-state index in [4.69, 9.17) is 4.52 Å². The number of hydrogen-bond donors (Lipinski definition) is 0. The second kappa shape index (κ2) is 7.41. The molecular weight excluding hydrogens is 330 g/mol. The van der Waals surface area contributed by atoms with Crippen molar-refractivity contribution in [3.63, 3.8) is 0 Å². The van der Waals surface area contributed by atoms with Crippen LogP contribution in [0, 0.1) is 6.92 Å². The Morgan fingerprint density at radius 1 is 1.19 bits per heavy atom. The van der Waals surface area contributed by atoms with Crippen LogP contribution in [0.2, 0.25) is 0 Å². The largest absolute Gasteiger partial charge is 0.360 e. The lowest BCUT2D eigenvalue weighted by atomic mass is 9.95. The summed E-state index contributed by atoms with van der Waals surface area (Å²) in [7, 11) is 0. The summed E-state index contributed by atoms with van der Waals surface area (Å²) in [5.74, 6) is 3.50. The first-order valence-electron chi connectivity index (χ1n) is 9.27. The molecule has 0 radical (unpaired) electrons. The molecule has 0 aliphatic carbocycles. The Labute approximate surface area is 152 Å². The standard InChI is InChI=1S/C18H25N7O/c1-3-25-17(13-24-8-4-7-19-24)20-21-18(25)15-5-9-23(10-6-15)12-16-11-14(2)22-26-16/h4,7-8,11,15H,3,5-6,9-10,12-13H2,1-2H3. The molecule has 8 heteroatoms. The van der Waals surface area contributed by atoms with Gasteiger partial charge in [0.1, 0.15) is 12.4 Å². The average Bonchev–Trinajstić information content (AvgIpc) is 3.38. The lowest BCUT2D eigenvalue weighted by molar-refractivity contribution is 0.180. The molecule has 0 bridgehead atoms. The van der Waals surface area contributed by atoms with E-state index < -0.39 is 0 Å². The Balaban J connectivity index is 1.40. The van der Waals surface area contributed by atoms with E-state index in [-0.39, 0.29) is 0 Å². The van der Waals surface area contributed by atoms with Crippen LogP contribution in [0.3, 0.4) is 0 Å². The zero-order chi connectivity index (χ0) is 17.9. The van der Waals surface area contributed by atoms with Crippen molar-refractivity contribution in [2.24, 2.45) is 0 Å². The van der Waals surface area contributed by atoms with Gasteiger partial charge in [0.15, 0.2) is 11.6 Å². The van der Waals surface area contributed by atoms with Crippen molar-refractivity contribution in [3.05, 3.63) is 47.6 Å². The van der Waals surface area contributed by atoms with Crippen LogP contribution in [0.15, 0.2) is 29.0 Å². The van der Waals surface area contributed by atoms with Crippen molar-refractivity contribution >= 4 is 0 Å². The smallest absolute Gasteiger partial charge is 0.154 e. The third kappa shape index (κ3) is 3.55. The first-order chi connectivity index (χ1) is 12.7. The molecule has 138 valence electrons. The minimum atomic E-state index is 0.460. The Hall–Kier alpha value is -2.48. The van der Waals surface area contributed by atoms with Gasteiger partial charge in [0, 0.05) is 30.9 Å². The summed E-state index contributed by atoms with van der Waals surface area (Å²) in [6.07, 6.45) is 5.93. The molecule has 0 amide bonds. The average molecular weight is 355 g/mol. The molecule has 1 aliphatic heterocycles. The molecule has 0 unspecified atom stereocenters. The summed E-state index contributed by atoms with van der Waals surface area (Å²) in [4.78, 5) is 2.42. The molecule has 8 nitrogen and oxygen atoms in total. The summed E-state index contributed by atoms with van der Waals surface area (Å²) in [5.41, 5.74) is 0.940. The van der Waals surface area contributed by atoms with Gasteiger partial charge in [0.25, 0.3) is 0 Å². The van der Waals surface area contributed by atoms with Gasteiger partial charge in [-0.3, -0.25) is 9.58 Å². The molecule has 0 saturated carbocycles. The molecule has 1 saturated heterocycles. The molecule has 1 fully saturated rings. The second-order valence-electron chi connectivity index (χ2n) is 6.91. The predicted molar refractivity (Wildman–Crippen MR) is 95.5 cm³/mol. The number of aromatic nitrogens is 6. The summed E-state index contributed by atoms with van der Waals surface area (Å²) >= 11 is 0. The maximum absolute atomic E-state index is 5.34. The van der Waals surface area contributed by atoms with Crippen molar-refractivity contribution in [2.75, 3.05) is 13.1 Å². The Kier molecular flexibility index (Phi) is 4.83. The van der Waals surface area contributed by atoms with Gasteiger partial charge in [-0.1, -0.05) is 5.16 Å². The molecule has 26 heavy (non-hydrogen) atoms. The minimum absolute atomic E-state index is 0.460. The number of nitrogens with zero attached hydrogens (tertiary/aromatic N) is 7. The van der Waals surface area contributed by atoms with Crippen LogP contribution < -0.4 is 0 Å². The fraction of sp³-hybridized carbons (Fsp3) is 0.556. The molecular formula is C18H25N7O. The molecule has 0 aromatic carbocycles. The summed E-state index contributed by atoms with van der Waals surface area (Å²) in [6, 6.07) is 3.95. The monoisotopic (exact) mass is 355 g/mol. The maximum Gasteiger partial charge on any atom is 0.154 e. The van der Waals surface area contributed by atoms with E-state index >= 15 is 0 Å². The molecule has 4 heterocycles. The van der Waals surface area contributed by atoms with E-state index in [1.807, 2.05) is 29.9 Å². The van der Waals surface area contributed by atoms with Crippen molar-refractivity contribution in [1.82, 2.24) is 34.6 Å². The van der Waals surface area contributed by atoms with Crippen LogP contribution in [0.4, 0.5) is 0 Å². The number of likely N-dealkylation sites (tertiary alicyclic amines) is 1. The molecule has 3 aromatic heterocycles. The fourth-order valence-electron chi connectivity index (χ4n) is 3.71. The van der Waals surface area contributed by atoms with Gasteiger partial charge in [0.2, 0.25) is 0 Å². The maximum atomic E-state index is 5.34. The van der Waals surface area contributed by atoms with E-state index in [2.05, 4.69) is 36.8 Å². The number of hydrogen-bond acceptors (Lipinski definition) is 6. The van der Waals surface area contributed by atoms with Crippen molar-refractivity contribution < 1.29 is 4.52 Å². The van der Waals surface area contributed by atoms with Crippen LogP contribution in [-0.4, -0.2) is 47.7 Å². The summed E-state index contributed by atoms with van der Waals surface area (Å²) < 4.78 is 9.48. The zero-order valence-electron chi connectivity index (χ0n) is 15.4. The lowest BCUT2D eigenvalue weighted by Gasteiger charge is -2.30.